The molecule has 0 aliphatic carbocycles. The van der Waals surface area contributed by atoms with Gasteiger partial charge in [0.15, 0.2) is 5.72 Å². The summed E-state index contributed by atoms with van der Waals surface area (Å²) in [5.41, 5.74) is 0.129. The van der Waals surface area contributed by atoms with Crippen molar-refractivity contribution in [2.45, 2.75) is 18.1 Å². The van der Waals surface area contributed by atoms with E-state index in [-0.39, 0.29) is 23.9 Å². The van der Waals surface area contributed by atoms with Crippen molar-refractivity contribution < 1.29 is 14.3 Å². The Kier molecular flexibility index (Phi) is 4.47. The van der Waals surface area contributed by atoms with Gasteiger partial charge in [-0.3, -0.25) is 9.69 Å². The molecular formula is C20H14ClFN2O2S. The van der Waals surface area contributed by atoms with Gasteiger partial charge in [-0.1, -0.05) is 35.9 Å². The van der Waals surface area contributed by atoms with Gasteiger partial charge in [-0.15, -0.1) is 11.8 Å². The van der Waals surface area contributed by atoms with Gasteiger partial charge in [0.25, 0.3) is 0 Å². The van der Waals surface area contributed by atoms with Gasteiger partial charge in [0.2, 0.25) is 5.91 Å². The molecule has 2 atom stereocenters. The van der Waals surface area contributed by atoms with Crippen LogP contribution in [-0.2, 0) is 10.5 Å². The van der Waals surface area contributed by atoms with Crippen molar-refractivity contribution in [3.63, 3.8) is 0 Å². The molecule has 1 amide bonds. The van der Waals surface area contributed by atoms with Crippen LogP contribution in [-0.4, -0.2) is 21.7 Å². The number of benzene rings is 2. The second-order valence-electron chi connectivity index (χ2n) is 6.48. The maximum absolute atomic E-state index is 13.2. The lowest BCUT2D eigenvalue weighted by atomic mass is 9.85. The van der Waals surface area contributed by atoms with E-state index in [4.69, 9.17) is 11.6 Å². The topological polar surface area (TPSA) is 64.3 Å². The zero-order chi connectivity index (χ0) is 19.2. The van der Waals surface area contributed by atoms with Gasteiger partial charge in [-0.05, 0) is 29.8 Å². The van der Waals surface area contributed by atoms with Gasteiger partial charge in [-0.25, -0.2) is 4.39 Å². The largest absolute Gasteiger partial charge is 0.366 e. The number of aliphatic hydroxyl groups is 1. The molecule has 0 aromatic heterocycles. The molecule has 136 valence electrons. The van der Waals surface area contributed by atoms with Gasteiger partial charge in [0.05, 0.1) is 22.4 Å². The molecule has 0 radical (unpaired) electrons. The van der Waals surface area contributed by atoms with Crippen LogP contribution in [0.2, 0.25) is 5.02 Å². The molecular weight excluding hydrogens is 387 g/mol. The number of thioether (sulfide) groups is 1. The average Bonchev–Trinajstić information content (AvgIpc) is 3.02. The van der Waals surface area contributed by atoms with Gasteiger partial charge < -0.3 is 5.11 Å². The average molecular weight is 401 g/mol. The molecule has 2 aromatic carbocycles. The monoisotopic (exact) mass is 400 g/mol. The fourth-order valence-corrected chi connectivity index (χ4v) is 5.02. The summed E-state index contributed by atoms with van der Waals surface area (Å²) in [6.45, 7) is 0. The van der Waals surface area contributed by atoms with E-state index in [1.54, 1.807) is 36.4 Å². The summed E-state index contributed by atoms with van der Waals surface area (Å²) in [7, 11) is 0. The highest BCUT2D eigenvalue weighted by atomic mass is 35.5. The number of nitrogens with zero attached hydrogens (tertiary/aromatic N) is 2. The summed E-state index contributed by atoms with van der Waals surface area (Å²) < 4.78 is 13.2. The minimum absolute atomic E-state index is 0.0362. The summed E-state index contributed by atoms with van der Waals surface area (Å²) in [5, 5.41) is 22.0. The Hall–Kier alpha value is -2.33. The van der Waals surface area contributed by atoms with Crippen molar-refractivity contribution in [1.29, 1.82) is 5.26 Å². The van der Waals surface area contributed by atoms with Crippen molar-refractivity contribution in [3.05, 3.63) is 81.1 Å². The Morgan fingerprint density at radius 3 is 2.52 bits per heavy atom. The highest BCUT2D eigenvalue weighted by Gasteiger charge is 2.51. The molecule has 1 saturated heterocycles. The number of halogens is 2. The first-order chi connectivity index (χ1) is 12.9. The Balaban J connectivity index is 1.79. The maximum atomic E-state index is 13.2. The minimum atomic E-state index is -1.53. The van der Waals surface area contributed by atoms with E-state index in [1.165, 1.54) is 28.8 Å². The van der Waals surface area contributed by atoms with E-state index in [0.717, 1.165) is 0 Å². The van der Waals surface area contributed by atoms with Crippen LogP contribution >= 0.6 is 23.4 Å². The second-order valence-corrected chi connectivity index (χ2v) is 7.88. The second kappa shape index (κ2) is 6.68. The van der Waals surface area contributed by atoms with Crippen molar-refractivity contribution in [2.75, 3.05) is 5.75 Å². The molecule has 2 aliphatic rings. The molecule has 0 saturated carbocycles. The molecule has 27 heavy (non-hydrogen) atoms. The number of allylic oxidation sites excluding steroid dienone is 1. The molecule has 2 aliphatic heterocycles. The summed E-state index contributed by atoms with van der Waals surface area (Å²) >= 11 is 7.20. The lowest BCUT2D eigenvalue weighted by Crippen LogP contribution is -2.48. The first-order valence-electron chi connectivity index (χ1n) is 8.28. The number of nitriles is 1. The number of fused-ring (bicyclic) bond motifs is 1. The number of amides is 1. The van der Waals surface area contributed by atoms with Crippen LogP contribution in [0.3, 0.4) is 0 Å². The molecule has 0 spiro atoms. The van der Waals surface area contributed by atoms with Crippen LogP contribution in [0.15, 0.2) is 59.1 Å². The molecule has 0 unspecified atom stereocenters. The van der Waals surface area contributed by atoms with Crippen LogP contribution in [0.5, 0.6) is 0 Å². The normalized spacial score (nSPS) is 24.7. The summed E-state index contributed by atoms with van der Waals surface area (Å²) in [6, 6.07) is 14.7. The van der Waals surface area contributed by atoms with E-state index in [0.29, 0.717) is 26.8 Å². The molecule has 2 heterocycles. The lowest BCUT2D eigenvalue weighted by Gasteiger charge is -2.38. The van der Waals surface area contributed by atoms with Crippen LogP contribution in [0, 0.1) is 17.1 Å². The van der Waals surface area contributed by atoms with Crippen molar-refractivity contribution in [2.24, 2.45) is 0 Å². The minimum Gasteiger partial charge on any atom is -0.366 e. The van der Waals surface area contributed by atoms with Crippen LogP contribution in [0.1, 0.15) is 23.5 Å². The lowest BCUT2D eigenvalue weighted by molar-refractivity contribution is -0.149. The Morgan fingerprint density at radius 2 is 1.89 bits per heavy atom. The molecule has 4 rings (SSSR count). The molecule has 7 heteroatoms. The summed E-state index contributed by atoms with van der Waals surface area (Å²) in [6.07, 6.45) is 0.0362. The van der Waals surface area contributed by atoms with Gasteiger partial charge in [0, 0.05) is 22.9 Å². The first kappa shape index (κ1) is 18.1. The highest BCUT2D eigenvalue weighted by Crippen LogP contribution is 2.51. The number of carbonyl (C=O) groups excluding carboxylic acids is 1. The molecule has 1 N–H and O–H groups in total. The van der Waals surface area contributed by atoms with Crippen molar-refractivity contribution >= 4 is 29.3 Å². The van der Waals surface area contributed by atoms with E-state index in [2.05, 4.69) is 6.07 Å². The van der Waals surface area contributed by atoms with Crippen molar-refractivity contribution in [3.8, 4) is 6.07 Å². The maximum Gasteiger partial charge on any atom is 0.231 e. The SMILES string of the molecule is N#CC1=C2SC[C@](O)(c3ccc(Cl)cc3)N2C(=O)C[C@@H]1c1ccc(F)cc1. The summed E-state index contributed by atoms with van der Waals surface area (Å²) in [4.78, 5) is 14.3. The Bertz CT molecular complexity index is 985. The zero-order valence-corrected chi connectivity index (χ0v) is 15.6. The third-order valence-electron chi connectivity index (χ3n) is 4.89. The highest BCUT2D eigenvalue weighted by molar-refractivity contribution is 8.03. The summed E-state index contributed by atoms with van der Waals surface area (Å²) in [5.74, 6) is -0.881. The molecule has 1 fully saturated rings. The van der Waals surface area contributed by atoms with Crippen LogP contribution < -0.4 is 0 Å². The fourth-order valence-electron chi connectivity index (χ4n) is 3.54. The number of carbonyl (C=O) groups is 1. The Labute approximate surface area is 164 Å². The van der Waals surface area contributed by atoms with E-state index in [1.807, 2.05) is 0 Å². The van der Waals surface area contributed by atoms with Crippen molar-refractivity contribution in [1.82, 2.24) is 4.90 Å². The molecule has 4 nitrogen and oxygen atoms in total. The standard InChI is InChI=1S/C20H14ClFN2O2S/c21-14-5-3-13(4-6-14)20(26)11-27-19-17(10-23)16(9-18(25)24(19)20)12-1-7-15(22)8-2-12/h1-8,16,26H,9,11H2/t16-,20+/m1/s1. The van der Waals surface area contributed by atoms with Gasteiger partial charge in [-0.2, -0.15) is 5.26 Å². The Morgan fingerprint density at radius 1 is 1.22 bits per heavy atom. The third-order valence-corrected chi connectivity index (χ3v) is 6.36. The molecule has 2 aromatic rings. The van der Waals surface area contributed by atoms with Gasteiger partial charge >= 0.3 is 0 Å². The number of hydrogen-bond donors (Lipinski definition) is 1. The smallest absolute Gasteiger partial charge is 0.231 e. The van der Waals surface area contributed by atoms with Crippen LogP contribution in [0.25, 0.3) is 0 Å². The van der Waals surface area contributed by atoms with Gasteiger partial charge in [0.1, 0.15) is 5.82 Å². The number of hydrogen-bond acceptors (Lipinski definition) is 4. The predicted molar refractivity (Wildman–Crippen MR) is 101 cm³/mol. The molecule has 0 bridgehead atoms. The zero-order valence-electron chi connectivity index (χ0n) is 14.0. The predicted octanol–water partition coefficient (Wildman–Crippen LogP) is 4.12. The number of rotatable bonds is 2. The first-order valence-corrected chi connectivity index (χ1v) is 9.64. The van der Waals surface area contributed by atoms with E-state index < -0.39 is 11.6 Å². The third kappa shape index (κ3) is 2.92. The fraction of sp³-hybridized carbons (Fsp3) is 0.200. The van der Waals surface area contributed by atoms with Crippen LogP contribution in [0.4, 0.5) is 4.39 Å². The van der Waals surface area contributed by atoms with E-state index in [9.17, 15) is 19.6 Å². The van der Waals surface area contributed by atoms with E-state index >= 15 is 0 Å². The quantitative estimate of drug-likeness (QED) is 0.823.